The molecule has 1 N–H and O–H groups in total. The first-order valence-electron chi connectivity index (χ1n) is 7.84. The second kappa shape index (κ2) is 5.19. The van der Waals surface area contributed by atoms with Gasteiger partial charge in [0.15, 0.2) is 15.7 Å². The summed E-state index contributed by atoms with van der Waals surface area (Å²) in [6.45, 7) is 0. The molecule has 2 aliphatic rings. The summed E-state index contributed by atoms with van der Waals surface area (Å²) in [7, 11) is -3.28. The summed E-state index contributed by atoms with van der Waals surface area (Å²) in [5.74, 6) is 1.63. The van der Waals surface area contributed by atoms with Gasteiger partial charge in [-0.05, 0) is 43.2 Å². The lowest BCUT2D eigenvalue weighted by atomic mass is 9.91. The van der Waals surface area contributed by atoms with E-state index in [1.165, 1.54) is 5.56 Å². The third-order valence-electron chi connectivity index (χ3n) is 4.58. The molecule has 1 aromatic carbocycles. The van der Waals surface area contributed by atoms with Crippen LogP contribution in [0.2, 0.25) is 0 Å². The lowest BCUT2D eigenvalue weighted by molar-refractivity contribution is 0.558. The van der Waals surface area contributed by atoms with Crippen LogP contribution >= 0.6 is 0 Å². The maximum atomic E-state index is 12.8. The van der Waals surface area contributed by atoms with E-state index in [9.17, 15) is 8.42 Å². The number of aryl methyl sites for hydroxylation is 1. The number of hydrogen-bond acceptors (Lipinski definition) is 4. The van der Waals surface area contributed by atoms with E-state index >= 15 is 0 Å². The second-order valence-electron chi connectivity index (χ2n) is 6.30. The van der Waals surface area contributed by atoms with Gasteiger partial charge in [0.1, 0.15) is 11.6 Å². The Morgan fingerprint density at radius 3 is 2.82 bits per heavy atom. The highest BCUT2D eigenvalue weighted by atomic mass is 32.2. The van der Waals surface area contributed by atoms with Crippen LogP contribution in [0.5, 0.6) is 0 Å². The van der Waals surface area contributed by atoms with Crippen LogP contribution in [0.4, 0.5) is 0 Å². The third-order valence-corrected chi connectivity index (χ3v) is 6.61. The van der Waals surface area contributed by atoms with Crippen LogP contribution in [0.15, 0.2) is 24.3 Å². The number of H-pyrrole nitrogens is 1. The summed E-state index contributed by atoms with van der Waals surface area (Å²) in [5.41, 5.74) is 2.13. The Morgan fingerprint density at radius 2 is 2.00 bits per heavy atom. The molecule has 0 unspecified atom stereocenters. The highest BCUT2D eigenvalue weighted by Crippen LogP contribution is 2.39. The quantitative estimate of drug-likeness (QED) is 0.940. The lowest BCUT2D eigenvalue weighted by Gasteiger charge is -2.25. The van der Waals surface area contributed by atoms with Crippen molar-refractivity contribution in [1.29, 1.82) is 0 Å². The molecule has 5 nitrogen and oxygen atoms in total. The summed E-state index contributed by atoms with van der Waals surface area (Å²) in [4.78, 5) is 4.36. The van der Waals surface area contributed by atoms with Gasteiger partial charge in [-0.15, -0.1) is 0 Å². The van der Waals surface area contributed by atoms with E-state index in [0.29, 0.717) is 18.2 Å². The minimum atomic E-state index is -3.28. The SMILES string of the molecule is O=S(=O)(Cc1nc(C2CC2)n[nH]1)[C@@H]1CCCc2ccccc21. The number of hydrogen-bond donors (Lipinski definition) is 1. The van der Waals surface area contributed by atoms with E-state index in [0.717, 1.165) is 37.1 Å². The summed E-state index contributed by atoms with van der Waals surface area (Å²) < 4.78 is 25.6. The van der Waals surface area contributed by atoms with Gasteiger partial charge >= 0.3 is 0 Å². The van der Waals surface area contributed by atoms with Crippen LogP contribution < -0.4 is 0 Å². The molecule has 1 fully saturated rings. The lowest BCUT2D eigenvalue weighted by Crippen LogP contribution is -2.21. The first-order chi connectivity index (χ1) is 10.6. The van der Waals surface area contributed by atoms with Gasteiger partial charge < -0.3 is 0 Å². The van der Waals surface area contributed by atoms with Crippen molar-refractivity contribution >= 4 is 9.84 Å². The van der Waals surface area contributed by atoms with Crippen molar-refractivity contribution in [2.45, 2.75) is 49.0 Å². The Labute approximate surface area is 130 Å². The number of rotatable bonds is 4. The number of fused-ring (bicyclic) bond motifs is 1. The standard InChI is InChI=1S/C16H19N3O2S/c20-22(21,10-15-17-16(19-18-15)12-8-9-12)14-7-3-5-11-4-1-2-6-13(11)14/h1-2,4,6,12,14H,3,5,7-10H2,(H,17,18,19)/t14-/m1/s1. The van der Waals surface area contributed by atoms with Crippen LogP contribution in [-0.4, -0.2) is 23.6 Å². The molecule has 0 saturated heterocycles. The minimum Gasteiger partial charge on any atom is -0.262 e. The van der Waals surface area contributed by atoms with E-state index in [-0.39, 0.29) is 5.75 Å². The van der Waals surface area contributed by atoms with E-state index in [1.807, 2.05) is 24.3 Å². The van der Waals surface area contributed by atoms with Gasteiger partial charge in [-0.25, -0.2) is 13.4 Å². The van der Waals surface area contributed by atoms with Gasteiger partial charge in [0.2, 0.25) is 0 Å². The number of sulfone groups is 1. The van der Waals surface area contributed by atoms with Gasteiger partial charge in [-0.3, -0.25) is 5.10 Å². The Bertz CT molecular complexity index is 793. The molecule has 1 saturated carbocycles. The molecule has 6 heteroatoms. The Hall–Kier alpha value is -1.69. The summed E-state index contributed by atoms with van der Waals surface area (Å²) >= 11 is 0. The number of benzene rings is 1. The van der Waals surface area contributed by atoms with Crippen LogP contribution in [0.1, 0.15) is 59.6 Å². The molecule has 0 spiro atoms. The normalized spacial score (nSPS) is 21.5. The van der Waals surface area contributed by atoms with Crippen molar-refractivity contribution in [3.8, 4) is 0 Å². The van der Waals surface area contributed by atoms with Crippen molar-refractivity contribution in [3.05, 3.63) is 47.0 Å². The predicted octanol–water partition coefficient (Wildman–Crippen LogP) is 2.67. The zero-order valence-corrected chi connectivity index (χ0v) is 13.1. The molecule has 2 aliphatic carbocycles. The molecule has 0 amide bonds. The van der Waals surface area contributed by atoms with E-state index in [2.05, 4.69) is 15.2 Å². The zero-order valence-electron chi connectivity index (χ0n) is 12.3. The van der Waals surface area contributed by atoms with Crippen LogP contribution in [0.25, 0.3) is 0 Å². The van der Waals surface area contributed by atoms with Gasteiger partial charge in [-0.1, -0.05) is 24.3 Å². The van der Waals surface area contributed by atoms with Crippen molar-refractivity contribution in [1.82, 2.24) is 15.2 Å². The Morgan fingerprint density at radius 1 is 1.18 bits per heavy atom. The van der Waals surface area contributed by atoms with Crippen LogP contribution in [0, 0.1) is 0 Å². The molecule has 0 aliphatic heterocycles. The largest absolute Gasteiger partial charge is 0.262 e. The fourth-order valence-electron chi connectivity index (χ4n) is 3.27. The topological polar surface area (TPSA) is 75.7 Å². The molecule has 1 aromatic heterocycles. The average molecular weight is 317 g/mol. The average Bonchev–Trinajstić information content (AvgIpc) is 3.27. The molecule has 0 radical (unpaired) electrons. The summed E-state index contributed by atoms with van der Waals surface area (Å²) in [5, 5.41) is 6.55. The summed E-state index contributed by atoms with van der Waals surface area (Å²) in [6.07, 6.45) is 4.81. The number of aromatic nitrogens is 3. The van der Waals surface area contributed by atoms with E-state index in [4.69, 9.17) is 0 Å². The van der Waals surface area contributed by atoms with Crippen LogP contribution in [-0.2, 0) is 22.0 Å². The van der Waals surface area contributed by atoms with Gasteiger partial charge in [-0.2, -0.15) is 5.10 Å². The molecule has 1 atom stereocenters. The molecule has 1 heterocycles. The molecule has 0 bridgehead atoms. The van der Waals surface area contributed by atoms with Crippen molar-refractivity contribution in [2.24, 2.45) is 0 Å². The van der Waals surface area contributed by atoms with E-state index < -0.39 is 15.1 Å². The maximum absolute atomic E-state index is 12.8. The molecule has 4 rings (SSSR count). The molecular formula is C16H19N3O2S. The molecular weight excluding hydrogens is 298 g/mol. The van der Waals surface area contributed by atoms with Gasteiger partial charge in [0.25, 0.3) is 0 Å². The van der Waals surface area contributed by atoms with Crippen LogP contribution in [0.3, 0.4) is 0 Å². The van der Waals surface area contributed by atoms with Gasteiger partial charge in [0.05, 0.1) is 5.25 Å². The van der Waals surface area contributed by atoms with E-state index in [1.54, 1.807) is 0 Å². The Balaban J connectivity index is 1.60. The minimum absolute atomic E-state index is 0.0499. The smallest absolute Gasteiger partial charge is 0.164 e. The molecule has 22 heavy (non-hydrogen) atoms. The highest BCUT2D eigenvalue weighted by molar-refractivity contribution is 7.90. The number of nitrogens with one attached hydrogen (secondary N) is 1. The fraction of sp³-hybridized carbons (Fsp3) is 0.500. The fourth-order valence-corrected chi connectivity index (χ4v) is 5.13. The highest BCUT2D eigenvalue weighted by Gasteiger charge is 2.33. The summed E-state index contributed by atoms with van der Waals surface area (Å²) in [6, 6.07) is 7.89. The van der Waals surface area contributed by atoms with Crippen molar-refractivity contribution in [2.75, 3.05) is 0 Å². The molecule has 2 aromatic rings. The first kappa shape index (κ1) is 13.9. The Kier molecular flexibility index (Phi) is 3.29. The second-order valence-corrected chi connectivity index (χ2v) is 8.48. The third kappa shape index (κ3) is 2.56. The van der Waals surface area contributed by atoms with Crippen molar-refractivity contribution in [3.63, 3.8) is 0 Å². The molecule has 116 valence electrons. The monoisotopic (exact) mass is 317 g/mol. The zero-order chi connectivity index (χ0) is 15.2. The van der Waals surface area contributed by atoms with Crippen molar-refractivity contribution < 1.29 is 8.42 Å². The maximum Gasteiger partial charge on any atom is 0.164 e. The van der Waals surface area contributed by atoms with Gasteiger partial charge in [0, 0.05) is 5.92 Å². The predicted molar refractivity (Wildman–Crippen MR) is 83.1 cm³/mol. The first-order valence-corrected chi connectivity index (χ1v) is 9.55. The number of nitrogens with zero attached hydrogens (tertiary/aromatic N) is 2. The number of aromatic amines is 1.